The Bertz CT molecular complexity index is 1150. The predicted molar refractivity (Wildman–Crippen MR) is 145 cm³/mol. The Labute approximate surface area is 219 Å². The minimum atomic E-state index is -0.713. The zero-order valence-electron chi connectivity index (χ0n) is 21.3. The van der Waals surface area contributed by atoms with Gasteiger partial charge in [-0.2, -0.15) is 0 Å². The normalized spacial score (nSPS) is 11.6. The van der Waals surface area contributed by atoms with E-state index in [9.17, 15) is 9.59 Å². The van der Waals surface area contributed by atoms with Gasteiger partial charge in [0.1, 0.15) is 11.8 Å². The van der Waals surface area contributed by atoms with E-state index >= 15 is 0 Å². The first-order valence-corrected chi connectivity index (χ1v) is 12.8. The lowest BCUT2D eigenvalue weighted by Crippen LogP contribution is -2.51. The number of aryl methyl sites for hydroxylation is 2. The van der Waals surface area contributed by atoms with Gasteiger partial charge in [0, 0.05) is 24.5 Å². The maximum atomic E-state index is 13.7. The van der Waals surface area contributed by atoms with E-state index in [1.54, 1.807) is 11.0 Å². The lowest BCUT2D eigenvalue weighted by atomic mass is 10.0. The summed E-state index contributed by atoms with van der Waals surface area (Å²) in [7, 11) is 0. The van der Waals surface area contributed by atoms with Crippen LogP contribution in [-0.4, -0.2) is 35.9 Å². The second-order valence-electron chi connectivity index (χ2n) is 9.02. The molecule has 1 atom stereocenters. The molecule has 0 spiro atoms. The molecule has 0 saturated carbocycles. The zero-order chi connectivity index (χ0) is 25.9. The van der Waals surface area contributed by atoms with Gasteiger partial charge < -0.3 is 15.0 Å². The molecule has 1 N–H and O–H groups in total. The van der Waals surface area contributed by atoms with Gasteiger partial charge >= 0.3 is 0 Å². The molecule has 0 bridgehead atoms. The van der Waals surface area contributed by atoms with Gasteiger partial charge in [-0.15, -0.1) is 0 Å². The largest absolute Gasteiger partial charge is 0.483 e. The lowest BCUT2D eigenvalue weighted by Gasteiger charge is -2.32. The fraction of sp³-hybridized carbons (Fsp3) is 0.333. The van der Waals surface area contributed by atoms with Gasteiger partial charge in [0.15, 0.2) is 6.61 Å². The zero-order valence-corrected chi connectivity index (χ0v) is 22.1. The molecule has 0 heterocycles. The van der Waals surface area contributed by atoms with Gasteiger partial charge in [-0.25, -0.2) is 0 Å². The molecule has 190 valence electrons. The van der Waals surface area contributed by atoms with Crippen LogP contribution in [0, 0.1) is 13.8 Å². The van der Waals surface area contributed by atoms with E-state index in [1.807, 2.05) is 80.6 Å². The molecule has 0 aliphatic heterocycles. The number of carbonyl (C=O) groups excluding carboxylic acids is 2. The second kappa shape index (κ2) is 13.7. The second-order valence-corrected chi connectivity index (χ2v) is 9.43. The van der Waals surface area contributed by atoms with Crippen LogP contribution in [0.4, 0.5) is 0 Å². The standard InChI is InChI=1S/C30H35ClN2O3/c1-4-5-17-32-30(35)27(19-24-11-7-6-8-12-24)33(20-25-13-9-10-14-26(25)31)29(34)21-36-28-18-22(2)15-16-23(28)3/h6-16,18,27H,4-5,17,19-21H2,1-3H3,(H,32,35). The van der Waals surface area contributed by atoms with Gasteiger partial charge in [-0.05, 0) is 54.7 Å². The molecule has 5 nitrogen and oxygen atoms in total. The van der Waals surface area contributed by atoms with Crippen molar-refractivity contribution in [1.29, 1.82) is 0 Å². The topological polar surface area (TPSA) is 58.6 Å². The van der Waals surface area contributed by atoms with Gasteiger partial charge in [-0.3, -0.25) is 9.59 Å². The molecular weight excluding hydrogens is 472 g/mol. The lowest BCUT2D eigenvalue weighted by molar-refractivity contribution is -0.142. The van der Waals surface area contributed by atoms with Crippen LogP contribution in [0.1, 0.15) is 42.0 Å². The number of rotatable bonds is 12. The molecule has 0 aliphatic rings. The Balaban J connectivity index is 1.91. The fourth-order valence-electron chi connectivity index (χ4n) is 3.96. The van der Waals surface area contributed by atoms with Crippen LogP contribution in [0.15, 0.2) is 72.8 Å². The molecule has 0 fully saturated rings. The summed E-state index contributed by atoms with van der Waals surface area (Å²) in [5.41, 5.74) is 3.75. The highest BCUT2D eigenvalue weighted by molar-refractivity contribution is 6.31. The van der Waals surface area contributed by atoms with Crippen molar-refractivity contribution in [2.24, 2.45) is 0 Å². The minimum Gasteiger partial charge on any atom is -0.483 e. The summed E-state index contributed by atoms with van der Waals surface area (Å²) in [4.78, 5) is 28.7. The summed E-state index contributed by atoms with van der Waals surface area (Å²) in [5.74, 6) is 0.204. The molecule has 0 radical (unpaired) electrons. The summed E-state index contributed by atoms with van der Waals surface area (Å²) in [5, 5.41) is 3.57. The molecule has 6 heteroatoms. The quantitative estimate of drug-likeness (QED) is 0.311. The molecular formula is C30H35ClN2O3. The van der Waals surface area contributed by atoms with E-state index in [0.29, 0.717) is 23.7 Å². The van der Waals surface area contributed by atoms with Crippen LogP contribution in [0.5, 0.6) is 5.75 Å². The molecule has 2 amide bonds. The Hall–Kier alpha value is -3.31. The van der Waals surface area contributed by atoms with Gasteiger partial charge in [0.2, 0.25) is 5.91 Å². The summed E-state index contributed by atoms with van der Waals surface area (Å²) in [6.45, 7) is 6.59. The number of unbranched alkanes of at least 4 members (excludes halogenated alkanes) is 1. The van der Waals surface area contributed by atoms with Crippen molar-refractivity contribution < 1.29 is 14.3 Å². The number of benzene rings is 3. The van der Waals surface area contributed by atoms with Crippen LogP contribution in [0.25, 0.3) is 0 Å². The van der Waals surface area contributed by atoms with E-state index in [2.05, 4.69) is 12.2 Å². The Kier molecular flexibility index (Phi) is 10.4. The molecule has 3 rings (SSSR count). The third-order valence-corrected chi connectivity index (χ3v) is 6.46. The smallest absolute Gasteiger partial charge is 0.261 e. The fourth-order valence-corrected chi connectivity index (χ4v) is 4.15. The van der Waals surface area contributed by atoms with E-state index in [4.69, 9.17) is 16.3 Å². The van der Waals surface area contributed by atoms with Crippen molar-refractivity contribution in [1.82, 2.24) is 10.2 Å². The van der Waals surface area contributed by atoms with Crippen molar-refractivity contribution >= 4 is 23.4 Å². The molecule has 0 aliphatic carbocycles. The summed E-state index contributed by atoms with van der Waals surface area (Å²) in [6, 6.07) is 22.3. The number of ether oxygens (including phenoxy) is 1. The van der Waals surface area contributed by atoms with Crippen molar-refractivity contribution in [3.8, 4) is 5.75 Å². The van der Waals surface area contributed by atoms with E-state index in [0.717, 1.165) is 35.1 Å². The van der Waals surface area contributed by atoms with Crippen LogP contribution in [-0.2, 0) is 22.6 Å². The summed E-state index contributed by atoms with van der Waals surface area (Å²) < 4.78 is 5.95. The van der Waals surface area contributed by atoms with Crippen molar-refractivity contribution in [3.63, 3.8) is 0 Å². The average molecular weight is 507 g/mol. The van der Waals surface area contributed by atoms with Gasteiger partial charge in [-0.1, -0.05) is 85.6 Å². The van der Waals surface area contributed by atoms with Crippen LogP contribution in [0.3, 0.4) is 0 Å². The molecule has 0 aromatic heterocycles. The third kappa shape index (κ3) is 7.85. The third-order valence-electron chi connectivity index (χ3n) is 6.09. The molecule has 0 saturated heterocycles. The number of nitrogens with zero attached hydrogens (tertiary/aromatic N) is 1. The first-order chi connectivity index (χ1) is 17.4. The average Bonchev–Trinajstić information content (AvgIpc) is 2.88. The van der Waals surface area contributed by atoms with Gasteiger partial charge in [0.25, 0.3) is 5.91 Å². The highest BCUT2D eigenvalue weighted by atomic mass is 35.5. The van der Waals surface area contributed by atoms with Gasteiger partial charge in [0.05, 0.1) is 0 Å². The number of nitrogens with one attached hydrogen (secondary N) is 1. The van der Waals surface area contributed by atoms with Crippen LogP contribution in [0.2, 0.25) is 5.02 Å². The first-order valence-electron chi connectivity index (χ1n) is 12.4. The molecule has 36 heavy (non-hydrogen) atoms. The Morgan fingerprint density at radius 2 is 1.72 bits per heavy atom. The monoisotopic (exact) mass is 506 g/mol. The SMILES string of the molecule is CCCCNC(=O)C(Cc1ccccc1)N(Cc1ccccc1Cl)C(=O)COc1cc(C)ccc1C. The van der Waals surface area contributed by atoms with Crippen LogP contribution < -0.4 is 10.1 Å². The maximum Gasteiger partial charge on any atom is 0.261 e. The number of halogens is 1. The molecule has 1 unspecified atom stereocenters. The summed E-state index contributed by atoms with van der Waals surface area (Å²) in [6.07, 6.45) is 2.23. The van der Waals surface area contributed by atoms with E-state index < -0.39 is 6.04 Å². The number of hydrogen-bond donors (Lipinski definition) is 1. The molecule has 3 aromatic carbocycles. The Morgan fingerprint density at radius 1 is 1.00 bits per heavy atom. The minimum absolute atomic E-state index is 0.178. The first kappa shape index (κ1) is 27.3. The molecule has 3 aromatic rings. The number of carbonyl (C=O) groups is 2. The highest BCUT2D eigenvalue weighted by Gasteiger charge is 2.31. The van der Waals surface area contributed by atoms with E-state index in [1.165, 1.54) is 0 Å². The van der Waals surface area contributed by atoms with Crippen molar-refractivity contribution in [2.75, 3.05) is 13.2 Å². The van der Waals surface area contributed by atoms with Crippen LogP contribution >= 0.6 is 11.6 Å². The Morgan fingerprint density at radius 3 is 2.44 bits per heavy atom. The van der Waals surface area contributed by atoms with Crippen molar-refractivity contribution in [2.45, 2.75) is 52.6 Å². The highest BCUT2D eigenvalue weighted by Crippen LogP contribution is 2.22. The van der Waals surface area contributed by atoms with Crippen molar-refractivity contribution in [3.05, 3.63) is 100 Å². The predicted octanol–water partition coefficient (Wildman–Crippen LogP) is 5.89. The summed E-state index contributed by atoms with van der Waals surface area (Å²) >= 11 is 6.46. The number of hydrogen-bond acceptors (Lipinski definition) is 3. The number of amides is 2. The maximum absolute atomic E-state index is 13.7. The van der Waals surface area contributed by atoms with E-state index in [-0.39, 0.29) is 25.0 Å².